The number of carbonyl (C=O) groups excluding carboxylic acids is 2. The summed E-state index contributed by atoms with van der Waals surface area (Å²) in [5, 5.41) is 2.85. The van der Waals surface area contributed by atoms with Gasteiger partial charge in [0.25, 0.3) is 5.91 Å². The molecule has 1 N–H and O–H groups in total. The Kier molecular flexibility index (Phi) is 7.38. The second-order valence-corrected chi connectivity index (χ2v) is 6.68. The highest BCUT2D eigenvalue weighted by molar-refractivity contribution is 5.97. The number of hydrogen-bond acceptors (Lipinski definition) is 4. The van der Waals surface area contributed by atoms with Gasteiger partial charge in [0.1, 0.15) is 5.75 Å². The van der Waals surface area contributed by atoms with Crippen LogP contribution in [0.4, 0.5) is 5.69 Å². The normalized spacial score (nSPS) is 11.9. The third kappa shape index (κ3) is 5.98. The maximum atomic E-state index is 12.4. The summed E-state index contributed by atoms with van der Waals surface area (Å²) < 4.78 is 10.6. The van der Waals surface area contributed by atoms with Crippen LogP contribution >= 0.6 is 0 Å². The quantitative estimate of drug-likeness (QED) is 0.563. The van der Waals surface area contributed by atoms with Crippen LogP contribution in [0.2, 0.25) is 0 Å². The Morgan fingerprint density at radius 3 is 2.25 bits per heavy atom. The minimum absolute atomic E-state index is 0.363. The van der Waals surface area contributed by atoms with Gasteiger partial charge >= 0.3 is 5.97 Å². The first-order valence-electron chi connectivity index (χ1n) is 9.30. The van der Waals surface area contributed by atoms with Crippen LogP contribution in [0.3, 0.4) is 0 Å². The molecular weight excluding hydrogens is 354 g/mol. The molecule has 2 rings (SSSR count). The fourth-order valence-electron chi connectivity index (χ4n) is 2.88. The Labute approximate surface area is 166 Å². The molecule has 0 aliphatic heterocycles. The van der Waals surface area contributed by atoms with E-state index in [0.29, 0.717) is 6.61 Å². The van der Waals surface area contributed by atoms with Crippen molar-refractivity contribution in [2.75, 3.05) is 11.9 Å². The van der Waals surface area contributed by atoms with Gasteiger partial charge in [-0.2, -0.15) is 0 Å². The third-order valence-corrected chi connectivity index (χ3v) is 4.19. The molecule has 0 radical (unpaired) electrons. The van der Waals surface area contributed by atoms with Crippen LogP contribution in [-0.4, -0.2) is 24.6 Å². The van der Waals surface area contributed by atoms with Gasteiger partial charge < -0.3 is 14.8 Å². The van der Waals surface area contributed by atoms with E-state index < -0.39 is 12.1 Å². The summed E-state index contributed by atoms with van der Waals surface area (Å²) in [5.41, 5.74) is 4.67. The zero-order chi connectivity index (χ0) is 20.7. The van der Waals surface area contributed by atoms with Crippen molar-refractivity contribution < 1.29 is 19.1 Å². The predicted octanol–water partition coefficient (Wildman–Crippen LogP) is 4.59. The topological polar surface area (TPSA) is 64.6 Å². The van der Waals surface area contributed by atoms with Gasteiger partial charge in [-0.15, -0.1) is 0 Å². The molecule has 1 atom stereocenters. The van der Waals surface area contributed by atoms with Crippen LogP contribution in [0.5, 0.6) is 5.75 Å². The van der Waals surface area contributed by atoms with Crippen LogP contribution in [0.1, 0.15) is 36.1 Å². The molecule has 0 bridgehead atoms. The standard InChI is InChI=1S/C23H27NO4/c1-6-27-20-10-7-19(8-11-20)9-12-21(25)28-18(5)23(26)24-22-16(3)13-15(2)14-17(22)4/h7-14,18H,6H2,1-5H3,(H,24,26)/b12-9+/t18-/m0/s1. The van der Waals surface area contributed by atoms with Crippen molar-refractivity contribution in [3.63, 3.8) is 0 Å². The van der Waals surface area contributed by atoms with Gasteiger partial charge in [-0.1, -0.05) is 29.8 Å². The number of benzene rings is 2. The second kappa shape index (κ2) is 9.74. The first-order valence-corrected chi connectivity index (χ1v) is 9.30. The summed E-state index contributed by atoms with van der Waals surface area (Å²) >= 11 is 0. The van der Waals surface area contributed by atoms with Crippen molar-refractivity contribution in [1.29, 1.82) is 0 Å². The molecule has 0 heterocycles. The van der Waals surface area contributed by atoms with Crippen LogP contribution in [-0.2, 0) is 14.3 Å². The van der Waals surface area contributed by atoms with E-state index in [0.717, 1.165) is 33.7 Å². The average molecular weight is 381 g/mol. The Bertz CT molecular complexity index is 846. The van der Waals surface area contributed by atoms with E-state index in [1.54, 1.807) is 13.0 Å². The number of nitrogens with one attached hydrogen (secondary N) is 1. The van der Waals surface area contributed by atoms with Crippen molar-refractivity contribution in [3.8, 4) is 5.75 Å². The second-order valence-electron chi connectivity index (χ2n) is 6.68. The Balaban J connectivity index is 1.93. The minimum atomic E-state index is -0.905. The minimum Gasteiger partial charge on any atom is -0.494 e. The maximum Gasteiger partial charge on any atom is 0.331 e. The van der Waals surface area contributed by atoms with Crippen LogP contribution in [0.15, 0.2) is 42.5 Å². The number of aryl methyl sites for hydroxylation is 3. The third-order valence-electron chi connectivity index (χ3n) is 4.19. The number of rotatable bonds is 7. The summed E-state index contributed by atoms with van der Waals surface area (Å²) in [6.07, 6.45) is 2.04. The monoisotopic (exact) mass is 381 g/mol. The first kappa shape index (κ1) is 21.2. The van der Waals surface area contributed by atoms with E-state index in [4.69, 9.17) is 9.47 Å². The average Bonchev–Trinajstić information content (AvgIpc) is 2.64. The molecule has 0 fully saturated rings. The first-order chi connectivity index (χ1) is 13.3. The van der Waals surface area contributed by atoms with Crippen LogP contribution in [0, 0.1) is 20.8 Å². The van der Waals surface area contributed by atoms with Gasteiger partial charge in [0.2, 0.25) is 0 Å². The molecule has 0 saturated carbocycles. The Morgan fingerprint density at radius 2 is 1.68 bits per heavy atom. The summed E-state index contributed by atoms with van der Waals surface area (Å²) in [5.74, 6) is -0.166. The lowest BCUT2D eigenvalue weighted by Gasteiger charge is -2.16. The van der Waals surface area contributed by atoms with Gasteiger partial charge in [0, 0.05) is 11.8 Å². The number of carbonyl (C=O) groups is 2. The van der Waals surface area contributed by atoms with E-state index in [9.17, 15) is 9.59 Å². The fraction of sp³-hybridized carbons (Fsp3) is 0.304. The molecule has 2 aromatic carbocycles. The highest BCUT2D eigenvalue weighted by Gasteiger charge is 2.18. The van der Waals surface area contributed by atoms with Crippen molar-refractivity contribution in [1.82, 2.24) is 0 Å². The van der Waals surface area contributed by atoms with Gasteiger partial charge in [-0.25, -0.2) is 4.79 Å². The van der Waals surface area contributed by atoms with Crippen LogP contribution < -0.4 is 10.1 Å². The zero-order valence-electron chi connectivity index (χ0n) is 17.0. The summed E-state index contributed by atoms with van der Waals surface area (Å²) in [6.45, 7) is 9.95. The summed E-state index contributed by atoms with van der Waals surface area (Å²) in [7, 11) is 0. The lowest BCUT2D eigenvalue weighted by atomic mass is 10.0. The smallest absolute Gasteiger partial charge is 0.331 e. The number of amides is 1. The molecule has 148 valence electrons. The highest BCUT2D eigenvalue weighted by Crippen LogP contribution is 2.22. The van der Waals surface area contributed by atoms with Crippen LogP contribution in [0.25, 0.3) is 6.08 Å². The number of esters is 1. The van der Waals surface area contributed by atoms with E-state index in [1.165, 1.54) is 6.08 Å². The van der Waals surface area contributed by atoms with E-state index >= 15 is 0 Å². The molecule has 1 amide bonds. The van der Waals surface area contributed by atoms with Gasteiger partial charge in [0.15, 0.2) is 6.10 Å². The number of ether oxygens (including phenoxy) is 2. The molecule has 5 nitrogen and oxygen atoms in total. The van der Waals surface area contributed by atoms with Crippen molar-refractivity contribution >= 4 is 23.6 Å². The Morgan fingerprint density at radius 1 is 1.07 bits per heavy atom. The fourth-order valence-corrected chi connectivity index (χ4v) is 2.88. The lowest BCUT2D eigenvalue weighted by molar-refractivity contribution is -0.148. The lowest BCUT2D eigenvalue weighted by Crippen LogP contribution is -2.30. The molecule has 0 aliphatic carbocycles. The largest absolute Gasteiger partial charge is 0.494 e. The van der Waals surface area contributed by atoms with E-state index in [2.05, 4.69) is 5.32 Å². The highest BCUT2D eigenvalue weighted by atomic mass is 16.5. The van der Waals surface area contributed by atoms with E-state index in [-0.39, 0.29) is 5.91 Å². The summed E-state index contributed by atoms with van der Waals surface area (Å²) in [6, 6.07) is 11.3. The van der Waals surface area contributed by atoms with Gasteiger partial charge in [0.05, 0.1) is 6.61 Å². The molecule has 28 heavy (non-hydrogen) atoms. The molecule has 0 unspecified atom stereocenters. The maximum absolute atomic E-state index is 12.4. The molecule has 0 saturated heterocycles. The molecule has 0 spiro atoms. The van der Waals surface area contributed by atoms with E-state index in [1.807, 2.05) is 64.1 Å². The number of anilines is 1. The van der Waals surface area contributed by atoms with Crippen molar-refractivity contribution in [2.24, 2.45) is 0 Å². The van der Waals surface area contributed by atoms with Crippen molar-refractivity contribution in [2.45, 2.75) is 40.7 Å². The molecule has 0 aliphatic rings. The molecular formula is C23H27NO4. The molecule has 2 aromatic rings. The number of hydrogen-bond donors (Lipinski definition) is 1. The zero-order valence-corrected chi connectivity index (χ0v) is 17.0. The molecule has 5 heteroatoms. The van der Waals surface area contributed by atoms with Gasteiger partial charge in [-0.3, -0.25) is 4.79 Å². The SMILES string of the molecule is CCOc1ccc(/C=C/C(=O)O[C@@H](C)C(=O)Nc2c(C)cc(C)cc2C)cc1. The summed E-state index contributed by atoms with van der Waals surface area (Å²) in [4.78, 5) is 24.4. The Hall–Kier alpha value is -3.08. The van der Waals surface area contributed by atoms with Crippen molar-refractivity contribution in [3.05, 3.63) is 64.7 Å². The van der Waals surface area contributed by atoms with Gasteiger partial charge in [-0.05, 0) is 69.5 Å². The predicted molar refractivity (Wildman–Crippen MR) is 111 cm³/mol. The molecule has 0 aromatic heterocycles.